The van der Waals surface area contributed by atoms with Crippen molar-refractivity contribution in [3.05, 3.63) is 47.3 Å². The van der Waals surface area contributed by atoms with Crippen LogP contribution in [0.1, 0.15) is 43.5 Å². The maximum Gasteiger partial charge on any atom is 0.224 e. The first-order valence-corrected chi connectivity index (χ1v) is 9.28. The van der Waals surface area contributed by atoms with E-state index in [0.29, 0.717) is 12.3 Å². The lowest BCUT2D eigenvalue weighted by molar-refractivity contribution is -0.117. The van der Waals surface area contributed by atoms with E-state index in [1.807, 2.05) is 0 Å². The molecule has 1 N–H and O–H groups in total. The number of anilines is 2. The zero-order chi connectivity index (χ0) is 18.0. The molecule has 0 saturated carbocycles. The van der Waals surface area contributed by atoms with Gasteiger partial charge in [0.15, 0.2) is 0 Å². The van der Waals surface area contributed by atoms with Gasteiger partial charge in [-0.1, -0.05) is 20.3 Å². The van der Waals surface area contributed by atoms with E-state index in [2.05, 4.69) is 72.9 Å². The number of hydrogen-bond acceptors (Lipinski definition) is 2. The minimum absolute atomic E-state index is 0.115. The maximum absolute atomic E-state index is 12.3. The predicted octanol–water partition coefficient (Wildman–Crippen LogP) is 4.50. The van der Waals surface area contributed by atoms with Crippen molar-refractivity contribution in [3.8, 4) is 0 Å². The Labute approximate surface area is 150 Å². The SMILES string of the molecule is CCC(C)CC(=O)Nc1c(C)cc(N2CCn3cccc3C2)cc1C. The fraction of sp³-hybridized carbons (Fsp3) is 0.476. The summed E-state index contributed by atoms with van der Waals surface area (Å²) in [4.78, 5) is 14.7. The molecular weight excluding hydrogens is 310 g/mol. The summed E-state index contributed by atoms with van der Waals surface area (Å²) in [7, 11) is 0. The molecule has 1 aliphatic rings. The molecule has 0 spiro atoms. The van der Waals surface area contributed by atoms with Crippen molar-refractivity contribution in [1.82, 2.24) is 4.57 Å². The highest BCUT2D eigenvalue weighted by atomic mass is 16.1. The van der Waals surface area contributed by atoms with Gasteiger partial charge in [-0.3, -0.25) is 4.79 Å². The zero-order valence-corrected chi connectivity index (χ0v) is 15.8. The summed E-state index contributed by atoms with van der Waals surface area (Å²) in [6, 6.07) is 8.70. The topological polar surface area (TPSA) is 37.3 Å². The Morgan fingerprint density at radius 1 is 1.24 bits per heavy atom. The summed E-state index contributed by atoms with van der Waals surface area (Å²) >= 11 is 0. The second-order valence-electron chi connectivity index (χ2n) is 7.33. The normalized spacial score (nSPS) is 15.0. The maximum atomic E-state index is 12.3. The monoisotopic (exact) mass is 339 g/mol. The highest BCUT2D eigenvalue weighted by molar-refractivity contribution is 5.92. The van der Waals surface area contributed by atoms with Crippen LogP contribution in [-0.4, -0.2) is 17.0 Å². The van der Waals surface area contributed by atoms with Crippen LogP contribution >= 0.6 is 0 Å². The number of rotatable bonds is 5. The van der Waals surface area contributed by atoms with Crippen molar-refractivity contribution < 1.29 is 4.79 Å². The molecule has 0 aliphatic carbocycles. The summed E-state index contributed by atoms with van der Waals surface area (Å²) in [6.07, 6.45) is 3.76. The average molecular weight is 339 g/mol. The number of aromatic nitrogens is 1. The van der Waals surface area contributed by atoms with E-state index in [4.69, 9.17) is 0 Å². The highest BCUT2D eigenvalue weighted by Crippen LogP contribution is 2.29. The summed E-state index contributed by atoms with van der Waals surface area (Å²) in [5, 5.41) is 3.12. The third-order valence-corrected chi connectivity index (χ3v) is 5.27. The van der Waals surface area contributed by atoms with Gasteiger partial charge >= 0.3 is 0 Å². The number of aryl methyl sites for hydroxylation is 2. The van der Waals surface area contributed by atoms with E-state index in [-0.39, 0.29) is 5.91 Å². The van der Waals surface area contributed by atoms with Crippen LogP contribution in [0.2, 0.25) is 0 Å². The third kappa shape index (κ3) is 3.89. The molecule has 0 radical (unpaired) electrons. The first-order chi connectivity index (χ1) is 12.0. The van der Waals surface area contributed by atoms with E-state index in [0.717, 1.165) is 42.9 Å². The Hall–Kier alpha value is -2.23. The molecule has 1 amide bonds. The van der Waals surface area contributed by atoms with Crippen LogP contribution in [0.25, 0.3) is 0 Å². The van der Waals surface area contributed by atoms with Gasteiger partial charge in [-0.15, -0.1) is 0 Å². The average Bonchev–Trinajstić information content (AvgIpc) is 3.05. The van der Waals surface area contributed by atoms with E-state index >= 15 is 0 Å². The van der Waals surface area contributed by atoms with E-state index in [9.17, 15) is 4.79 Å². The van der Waals surface area contributed by atoms with Gasteiger partial charge in [0.1, 0.15) is 0 Å². The van der Waals surface area contributed by atoms with Gasteiger partial charge in [0, 0.05) is 42.8 Å². The predicted molar refractivity (Wildman–Crippen MR) is 104 cm³/mol. The molecule has 25 heavy (non-hydrogen) atoms. The molecule has 1 atom stereocenters. The van der Waals surface area contributed by atoms with Crippen molar-refractivity contribution >= 4 is 17.3 Å². The number of carbonyl (C=O) groups excluding carboxylic acids is 1. The summed E-state index contributed by atoms with van der Waals surface area (Å²) in [5.74, 6) is 0.536. The number of nitrogens with one attached hydrogen (secondary N) is 1. The van der Waals surface area contributed by atoms with Crippen LogP contribution in [0.5, 0.6) is 0 Å². The lowest BCUT2D eigenvalue weighted by Crippen LogP contribution is -2.33. The number of nitrogens with zero attached hydrogens (tertiary/aromatic N) is 2. The molecule has 1 unspecified atom stereocenters. The number of benzene rings is 1. The zero-order valence-electron chi connectivity index (χ0n) is 15.8. The van der Waals surface area contributed by atoms with Gasteiger partial charge in [-0.25, -0.2) is 0 Å². The van der Waals surface area contributed by atoms with Crippen molar-refractivity contribution in [2.75, 3.05) is 16.8 Å². The Bertz CT molecular complexity index is 739. The van der Waals surface area contributed by atoms with E-state index < -0.39 is 0 Å². The van der Waals surface area contributed by atoms with Crippen LogP contribution in [-0.2, 0) is 17.9 Å². The molecule has 0 bridgehead atoms. The lowest BCUT2D eigenvalue weighted by atomic mass is 10.0. The van der Waals surface area contributed by atoms with Gasteiger partial charge < -0.3 is 14.8 Å². The van der Waals surface area contributed by atoms with Gasteiger partial charge in [0.05, 0.1) is 6.54 Å². The van der Waals surface area contributed by atoms with Gasteiger partial charge in [0.25, 0.3) is 0 Å². The van der Waals surface area contributed by atoms with Crippen LogP contribution in [0.15, 0.2) is 30.5 Å². The van der Waals surface area contributed by atoms with Gasteiger partial charge in [0.2, 0.25) is 5.91 Å². The number of hydrogen-bond donors (Lipinski definition) is 1. The van der Waals surface area contributed by atoms with Crippen molar-refractivity contribution in [2.24, 2.45) is 5.92 Å². The summed E-state index contributed by atoms with van der Waals surface area (Å²) in [5.41, 5.74) is 5.83. The second-order valence-corrected chi connectivity index (χ2v) is 7.33. The molecule has 4 nitrogen and oxygen atoms in total. The number of amides is 1. The summed E-state index contributed by atoms with van der Waals surface area (Å²) < 4.78 is 2.32. The summed E-state index contributed by atoms with van der Waals surface area (Å²) in [6.45, 7) is 11.4. The van der Waals surface area contributed by atoms with Crippen LogP contribution in [0.3, 0.4) is 0 Å². The molecule has 2 aromatic rings. The molecule has 2 heterocycles. The Balaban J connectivity index is 1.75. The van der Waals surface area contributed by atoms with Crippen molar-refractivity contribution in [1.29, 1.82) is 0 Å². The van der Waals surface area contributed by atoms with Gasteiger partial charge in [-0.2, -0.15) is 0 Å². The minimum Gasteiger partial charge on any atom is -0.364 e. The standard InChI is InChI=1S/C21H29N3O/c1-5-15(2)11-20(25)22-21-16(3)12-19(13-17(21)4)24-10-9-23-8-6-7-18(23)14-24/h6-8,12-13,15H,5,9-11,14H2,1-4H3,(H,22,25). The van der Waals surface area contributed by atoms with Crippen molar-refractivity contribution in [3.63, 3.8) is 0 Å². The molecule has 0 fully saturated rings. The fourth-order valence-corrected chi connectivity index (χ4v) is 3.51. The Morgan fingerprint density at radius 3 is 2.64 bits per heavy atom. The number of fused-ring (bicyclic) bond motifs is 1. The van der Waals surface area contributed by atoms with E-state index in [1.54, 1.807) is 0 Å². The first-order valence-electron chi connectivity index (χ1n) is 9.28. The quantitative estimate of drug-likeness (QED) is 0.871. The molecule has 4 heteroatoms. The largest absolute Gasteiger partial charge is 0.364 e. The van der Waals surface area contributed by atoms with E-state index in [1.165, 1.54) is 11.4 Å². The lowest BCUT2D eigenvalue weighted by Gasteiger charge is -2.31. The smallest absolute Gasteiger partial charge is 0.224 e. The first kappa shape index (κ1) is 17.6. The Kier molecular flexibility index (Phi) is 5.16. The van der Waals surface area contributed by atoms with Crippen molar-refractivity contribution in [2.45, 2.75) is 53.6 Å². The van der Waals surface area contributed by atoms with Crippen LogP contribution in [0.4, 0.5) is 11.4 Å². The highest BCUT2D eigenvalue weighted by Gasteiger charge is 2.18. The van der Waals surface area contributed by atoms with Gasteiger partial charge in [-0.05, 0) is 55.2 Å². The molecule has 134 valence electrons. The minimum atomic E-state index is 0.115. The molecule has 1 aromatic carbocycles. The molecule has 1 aromatic heterocycles. The molecule has 0 saturated heterocycles. The fourth-order valence-electron chi connectivity index (χ4n) is 3.51. The molecule has 3 rings (SSSR count). The Morgan fingerprint density at radius 2 is 1.96 bits per heavy atom. The second kappa shape index (κ2) is 7.34. The molecule has 1 aliphatic heterocycles. The van der Waals surface area contributed by atoms with Crippen LogP contribution in [0, 0.1) is 19.8 Å². The third-order valence-electron chi connectivity index (χ3n) is 5.27. The molecular formula is C21H29N3O. The number of carbonyl (C=O) groups is 1. The van der Waals surface area contributed by atoms with Crippen LogP contribution < -0.4 is 10.2 Å².